The monoisotopic (exact) mass is 259 g/mol. The van der Waals surface area contributed by atoms with E-state index < -0.39 is 0 Å². The molecule has 0 bridgehead atoms. The molecule has 0 aliphatic heterocycles. The number of hydrogen-bond donors (Lipinski definition) is 1. The summed E-state index contributed by atoms with van der Waals surface area (Å²) >= 11 is 0. The Labute approximate surface area is 113 Å². The van der Waals surface area contributed by atoms with Crippen LogP contribution in [-0.2, 0) is 0 Å². The van der Waals surface area contributed by atoms with Crippen molar-refractivity contribution < 1.29 is 9.15 Å². The number of fused-ring (bicyclic) bond motifs is 1. The van der Waals surface area contributed by atoms with Gasteiger partial charge < -0.3 is 14.5 Å². The summed E-state index contributed by atoms with van der Waals surface area (Å²) in [6.45, 7) is 5.77. The summed E-state index contributed by atoms with van der Waals surface area (Å²) in [4.78, 5) is 0. The van der Waals surface area contributed by atoms with Gasteiger partial charge in [0.2, 0.25) is 0 Å². The van der Waals surface area contributed by atoms with Crippen LogP contribution in [0.1, 0.15) is 38.5 Å². The Morgan fingerprint density at radius 2 is 2.21 bits per heavy atom. The highest BCUT2D eigenvalue weighted by atomic mass is 16.5. The molecular formula is C16H21NO2. The van der Waals surface area contributed by atoms with Crippen molar-refractivity contribution in [1.29, 1.82) is 0 Å². The van der Waals surface area contributed by atoms with Crippen molar-refractivity contribution in [2.24, 2.45) is 5.92 Å². The van der Waals surface area contributed by atoms with Gasteiger partial charge in [-0.2, -0.15) is 0 Å². The zero-order valence-corrected chi connectivity index (χ0v) is 11.6. The Morgan fingerprint density at radius 3 is 2.89 bits per heavy atom. The highest BCUT2D eigenvalue weighted by molar-refractivity contribution is 5.83. The molecule has 0 radical (unpaired) electrons. The van der Waals surface area contributed by atoms with E-state index in [0.29, 0.717) is 12.6 Å². The second-order valence-corrected chi connectivity index (χ2v) is 5.13. The quantitative estimate of drug-likeness (QED) is 0.854. The SMILES string of the molecule is CCNC(c1cc2cccc(OCC)c2o1)C1CC1. The summed E-state index contributed by atoms with van der Waals surface area (Å²) in [7, 11) is 0. The predicted molar refractivity (Wildman–Crippen MR) is 76.5 cm³/mol. The van der Waals surface area contributed by atoms with Crippen LogP contribution in [0, 0.1) is 5.92 Å². The number of furan rings is 1. The maximum absolute atomic E-state index is 6.08. The van der Waals surface area contributed by atoms with Crippen LogP contribution >= 0.6 is 0 Å². The molecule has 1 N–H and O–H groups in total. The molecule has 1 aromatic heterocycles. The van der Waals surface area contributed by atoms with Gasteiger partial charge in [0.1, 0.15) is 5.76 Å². The summed E-state index contributed by atoms with van der Waals surface area (Å²) in [5, 5.41) is 4.67. The molecule has 1 heterocycles. The molecule has 1 saturated carbocycles. The van der Waals surface area contributed by atoms with E-state index in [0.717, 1.165) is 34.9 Å². The molecule has 1 atom stereocenters. The van der Waals surface area contributed by atoms with E-state index in [-0.39, 0.29) is 0 Å². The van der Waals surface area contributed by atoms with Crippen LogP contribution in [0.3, 0.4) is 0 Å². The van der Waals surface area contributed by atoms with Crippen molar-refractivity contribution >= 4 is 11.0 Å². The summed E-state index contributed by atoms with van der Waals surface area (Å²) in [5.74, 6) is 2.62. The summed E-state index contributed by atoms with van der Waals surface area (Å²) in [5.41, 5.74) is 0.878. The molecule has 1 aliphatic carbocycles. The molecule has 102 valence electrons. The first kappa shape index (κ1) is 12.5. The first-order valence-electron chi connectivity index (χ1n) is 7.22. The first-order valence-corrected chi connectivity index (χ1v) is 7.22. The maximum atomic E-state index is 6.08. The third-order valence-electron chi connectivity index (χ3n) is 3.65. The maximum Gasteiger partial charge on any atom is 0.176 e. The Hall–Kier alpha value is -1.48. The zero-order valence-electron chi connectivity index (χ0n) is 11.6. The topological polar surface area (TPSA) is 34.4 Å². The van der Waals surface area contributed by atoms with E-state index in [1.807, 2.05) is 19.1 Å². The Balaban J connectivity index is 1.97. The van der Waals surface area contributed by atoms with Gasteiger partial charge >= 0.3 is 0 Å². The van der Waals surface area contributed by atoms with E-state index >= 15 is 0 Å². The smallest absolute Gasteiger partial charge is 0.176 e. The second-order valence-electron chi connectivity index (χ2n) is 5.13. The largest absolute Gasteiger partial charge is 0.490 e. The molecule has 1 unspecified atom stereocenters. The average Bonchev–Trinajstić information content (AvgIpc) is 3.15. The second kappa shape index (κ2) is 5.25. The minimum atomic E-state index is 0.354. The third kappa shape index (κ3) is 2.47. The lowest BCUT2D eigenvalue weighted by atomic mass is 10.1. The van der Waals surface area contributed by atoms with E-state index in [1.54, 1.807) is 0 Å². The van der Waals surface area contributed by atoms with E-state index in [1.165, 1.54) is 12.8 Å². The lowest BCUT2D eigenvalue weighted by Gasteiger charge is -2.13. The number of hydrogen-bond acceptors (Lipinski definition) is 3. The molecule has 3 heteroatoms. The van der Waals surface area contributed by atoms with Crippen LogP contribution in [0.2, 0.25) is 0 Å². The molecule has 1 aromatic carbocycles. The van der Waals surface area contributed by atoms with E-state index in [2.05, 4.69) is 24.4 Å². The fraction of sp³-hybridized carbons (Fsp3) is 0.500. The lowest BCUT2D eigenvalue weighted by molar-refractivity contribution is 0.334. The molecule has 3 rings (SSSR count). The molecule has 3 nitrogen and oxygen atoms in total. The van der Waals surface area contributed by atoms with Crippen LogP contribution in [0.4, 0.5) is 0 Å². The normalized spacial score (nSPS) is 16.7. The fourth-order valence-electron chi connectivity index (χ4n) is 2.63. The standard InChI is InChI=1S/C16H21NO2/c1-3-17-15(11-8-9-11)14-10-12-6-5-7-13(18-4-2)16(12)19-14/h5-7,10-11,15,17H,3-4,8-9H2,1-2H3. The van der Waals surface area contributed by atoms with Crippen molar-refractivity contribution in [2.75, 3.05) is 13.2 Å². The van der Waals surface area contributed by atoms with Crippen LogP contribution in [0.5, 0.6) is 5.75 Å². The van der Waals surface area contributed by atoms with Gasteiger partial charge in [-0.15, -0.1) is 0 Å². The summed E-state index contributed by atoms with van der Waals surface area (Å²) in [6, 6.07) is 8.58. The Kier molecular flexibility index (Phi) is 3.47. The minimum absolute atomic E-state index is 0.354. The zero-order chi connectivity index (χ0) is 13.2. The highest BCUT2D eigenvalue weighted by Gasteiger charge is 2.34. The van der Waals surface area contributed by atoms with Crippen LogP contribution in [0.15, 0.2) is 28.7 Å². The molecule has 0 amide bonds. The fourth-order valence-corrected chi connectivity index (χ4v) is 2.63. The molecule has 0 saturated heterocycles. The number of ether oxygens (including phenoxy) is 1. The van der Waals surface area contributed by atoms with Crippen LogP contribution in [0.25, 0.3) is 11.0 Å². The van der Waals surface area contributed by atoms with Gasteiger partial charge in [0.05, 0.1) is 12.6 Å². The van der Waals surface area contributed by atoms with Gasteiger partial charge in [-0.05, 0) is 44.4 Å². The van der Waals surface area contributed by atoms with Gasteiger partial charge in [-0.3, -0.25) is 0 Å². The predicted octanol–water partition coefficient (Wildman–Crippen LogP) is 3.89. The van der Waals surface area contributed by atoms with Gasteiger partial charge in [0, 0.05) is 5.39 Å². The van der Waals surface area contributed by atoms with Gasteiger partial charge in [-0.1, -0.05) is 19.1 Å². The average molecular weight is 259 g/mol. The minimum Gasteiger partial charge on any atom is -0.490 e. The third-order valence-corrected chi connectivity index (χ3v) is 3.65. The van der Waals surface area contributed by atoms with Crippen molar-refractivity contribution in [3.63, 3.8) is 0 Å². The van der Waals surface area contributed by atoms with Gasteiger partial charge in [0.25, 0.3) is 0 Å². The van der Waals surface area contributed by atoms with Crippen molar-refractivity contribution in [3.05, 3.63) is 30.0 Å². The first-order chi connectivity index (χ1) is 9.33. The Morgan fingerprint density at radius 1 is 1.37 bits per heavy atom. The molecule has 1 fully saturated rings. The van der Waals surface area contributed by atoms with E-state index in [4.69, 9.17) is 9.15 Å². The van der Waals surface area contributed by atoms with Gasteiger partial charge in [-0.25, -0.2) is 0 Å². The molecule has 0 spiro atoms. The summed E-state index contributed by atoms with van der Waals surface area (Å²) < 4.78 is 11.7. The summed E-state index contributed by atoms with van der Waals surface area (Å²) in [6.07, 6.45) is 2.60. The van der Waals surface area contributed by atoms with Crippen molar-refractivity contribution in [2.45, 2.75) is 32.7 Å². The van der Waals surface area contributed by atoms with Crippen LogP contribution < -0.4 is 10.1 Å². The van der Waals surface area contributed by atoms with Crippen LogP contribution in [-0.4, -0.2) is 13.2 Å². The number of rotatable bonds is 6. The number of nitrogens with one attached hydrogen (secondary N) is 1. The van der Waals surface area contributed by atoms with Gasteiger partial charge in [0.15, 0.2) is 11.3 Å². The van der Waals surface area contributed by atoms with Crippen molar-refractivity contribution in [1.82, 2.24) is 5.32 Å². The number of para-hydroxylation sites is 1. The highest BCUT2D eigenvalue weighted by Crippen LogP contribution is 2.43. The van der Waals surface area contributed by atoms with Crippen molar-refractivity contribution in [3.8, 4) is 5.75 Å². The molecular weight excluding hydrogens is 238 g/mol. The number of benzene rings is 1. The lowest BCUT2D eigenvalue weighted by Crippen LogP contribution is -2.21. The molecule has 19 heavy (non-hydrogen) atoms. The molecule has 1 aliphatic rings. The van der Waals surface area contributed by atoms with E-state index in [9.17, 15) is 0 Å². The Bertz CT molecular complexity index is 557. The molecule has 2 aromatic rings.